The highest BCUT2D eigenvalue weighted by Gasteiger charge is 2.41. The summed E-state index contributed by atoms with van der Waals surface area (Å²) in [4.78, 5) is 42.1. The number of hydrogen-bond acceptors (Lipinski definition) is 8. The molecule has 3 fully saturated rings. The molecule has 252 valence electrons. The van der Waals surface area contributed by atoms with Crippen molar-refractivity contribution in [2.24, 2.45) is 0 Å². The molecule has 10 heteroatoms. The molecule has 10 nitrogen and oxygen atoms in total. The molecule has 3 amide bonds. The quantitative estimate of drug-likeness (QED) is 0.189. The second-order valence-corrected chi connectivity index (χ2v) is 12.7. The largest absolute Gasteiger partial charge is 0.445 e. The van der Waals surface area contributed by atoms with E-state index in [0.29, 0.717) is 18.2 Å². The highest BCUT2D eigenvalue weighted by Crippen LogP contribution is 2.39. The van der Waals surface area contributed by atoms with Crippen molar-refractivity contribution in [1.82, 2.24) is 10.2 Å². The van der Waals surface area contributed by atoms with Crippen LogP contribution in [0.2, 0.25) is 0 Å². The average Bonchev–Trinajstić information content (AvgIpc) is 3.75. The minimum absolute atomic E-state index is 0.0262. The van der Waals surface area contributed by atoms with Crippen LogP contribution >= 0.6 is 0 Å². The molecule has 0 aromatic heterocycles. The summed E-state index contributed by atoms with van der Waals surface area (Å²) in [6.45, 7) is 5.56. The van der Waals surface area contributed by atoms with Crippen molar-refractivity contribution in [2.45, 2.75) is 82.3 Å². The summed E-state index contributed by atoms with van der Waals surface area (Å²) >= 11 is 0. The van der Waals surface area contributed by atoms with Gasteiger partial charge < -0.3 is 24.6 Å². The monoisotopic (exact) mass is 653 g/mol. The van der Waals surface area contributed by atoms with Gasteiger partial charge in [0.1, 0.15) is 12.6 Å². The van der Waals surface area contributed by atoms with E-state index in [1.54, 1.807) is 12.1 Å². The molecule has 0 radical (unpaired) electrons. The smallest absolute Gasteiger partial charge is 0.408 e. The molecule has 2 heterocycles. The Morgan fingerprint density at radius 1 is 0.958 bits per heavy atom. The molecular formula is C38H43N3O7. The predicted octanol–water partition coefficient (Wildman–Crippen LogP) is 5.71. The second-order valence-electron chi connectivity index (χ2n) is 12.7. The Kier molecular flexibility index (Phi) is 11.0. The van der Waals surface area contributed by atoms with Gasteiger partial charge >= 0.3 is 6.09 Å². The van der Waals surface area contributed by atoms with Crippen LogP contribution in [0.25, 0.3) is 0 Å². The number of nitrogens with one attached hydrogen (secondary N) is 1. The van der Waals surface area contributed by atoms with Gasteiger partial charge in [-0.05, 0) is 41.7 Å². The fourth-order valence-corrected chi connectivity index (χ4v) is 6.81. The molecular weight excluding hydrogens is 610 g/mol. The van der Waals surface area contributed by atoms with Crippen LogP contribution in [-0.4, -0.2) is 59.2 Å². The molecule has 3 aromatic carbocycles. The van der Waals surface area contributed by atoms with Crippen LogP contribution in [0.4, 0.5) is 10.5 Å². The van der Waals surface area contributed by atoms with Crippen LogP contribution in [0.5, 0.6) is 0 Å². The standard InChI is InChI=1S/C38H43N3O7/c1-2-20-40(30-10-6-7-11-30)23-32-21-34(28-14-12-26(24-42)13-15-28)48-37(47-32)29-16-18-31(19-17-29)41-35(43)22-33(36(41)44)39-38(45)46-25-27-8-4-3-5-9-27/h2-5,8-9,12-19,30,32-34,37,42H,1,6-7,10-11,20-25H2,(H,39,45)/t32-,33?,34+,37+/m1/s1. The van der Waals surface area contributed by atoms with Crippen molar-refractivity contribution in [3.63, 3.8) is 0 Å². The molecule has 4 atom stereocenters. The lowest BCUT2D eigenvalue weighted by Crippen LogP contribution is -2.43. The lowest BCUT2D eigenvalue weighted by atomic mass is 9.99. The number of benzene rings is 3. The van der Waals surface area contributed by atoms with Crippen molar-refractivity contribution in [3.05, 3.63) is 114 Å². The third-order valence-corrected chi connectivity index (χ3v) is 9.33. The number of alkyl carbamates (subject to hydrolysis) is 1. The van der Waals surface area contributed by atoms with Gasteiger partial charge in [0.25, 0.3) is 5.91 Å². The predicted molar refractivity (Wildman–Crippen MR) is 180 cm³/mol. The molecule has 2 N–H and O–H groups in total. The van der Waals surface area contributed by atoms with Gasteiger partial charge in [0.15, 0.2) is 6.29 Å². The van der Waals surface area contributed by atoms with Gasteiger partial charge in [-0.15, -0.1) is 6.58 Å². The molecule has 1 aliphatic carbocycles. The fraction of sp³-hybridized carbons (Fsp3) is 0.395. The van der Waals surface area contributed by atoms with Crippen molar-refractivity contribution in [3.8, 4) is 0 Å². The van der Waals surface area contributed by atoms with Crippen molar-refractivity contribution >= 4 is 23.6 Å². The molecule has 48 heavy (non-hydrogen) atoms. The van der Waals surface area contributed by atoms with Crippen LogP contribution in [-0.2, 0) is 37.0 Å². The number of amides is 3. The summed E-state index contributed by atoms with van der Waals surface area (Å²) in [7, 11) is 0. The Labute approximate surface area is 281 Å². The number of aliphatic hydroxyl groups is 1. The summed E-state index contributed by atoms with van der Waals surface area (Å²) in [6.07, 6.45) is 5.51. The number of hydrogen-bond donors (Lipinski definition) is 2. The number of aliphatic hydroxyl groups excluding tert-OH is 1. The van der Waals surface area contributed by atoms with E-state index < -0.39 is 30.2 Å². The van der Waals surface area contributed by atoms with E-state index in [1.165, 1.54) is 25.7 Å². The molecule has 3 aromatic rings. The number of anilines is 1. The first kappa shape index (κ1) is 33.5. The van der Waals surface area contributed by atoms with E-state index >= 15 is 0 Å². The molecule has 2 saturated heterocycles. The van der Waals surface area contributed by atoms with E-state index in [4.69, 9.17) is 14.2 Å². The van der Waals surface area contributed by atoms with Crippen molar-refractivity contribution in [1.29, 1.82) is 0 Å². The Morgan fingerprint density at radius 3 is 2.35 bits per heavy atom. The summed E-state index contributed by atoms with van der Waals surface area (Å²) in [6, 6.07) is 23.5. The molecule has 2 aliphatic heterocycles. The summed E-state index contributed by atoms with van der Waals surface area (Å²) in [5, 5.41) is 12.1. The molecule has 3 aliphatic rings. The maximum atomic E-state index is 13.2. The maximum Gasteiger partial charge on any atom is 0.408 e. The maximum absolute atomic E-state index is 13.2. The zero-order valence-corrected chi connectivity index (χ0v) is 27.0. The Balaban J connectivity index is 1.14. The van der Waals surface area contributed by atoms with Crippen LogP contribution in [0, 0.1) is 0 Å². The minimum atomic E-state index is -1.01. The van der Waals surface area contributed by atoms with Crippen molar-refractivity contribution in [2.75, 3.05) is 18.0 Å². The zero-order chi connectivity index (χ0) is 33.5. The van der Waals surface area contributed by atoms with E-state index in [9.17, 15) is 19.5 Å². The number of ether oxygens (including phenoxy) is 3. The van der Waals surface area contributed by atoms with Gasteiger partial charge in [-0.3, -0.25) is 14.5 Å². The molecule has 1 unspecified atom stereocenters. The second kappa shape index (κ2) is 15.7. The number of carbonyl (C=O) groups is 3. The first-order valence-corrected chi connectivity index (χ1v) is 16.7. The highest BCUT2D eigenvalue weighted by atomic mass is 16.7. The lowest BCUT2D eigenvalue weighted by Gasteiger charge is -2.39. The van der Waals surface area contributed by atoms with Crippen LogP contribution in [0.15, 0.2) is 91.5 Å². The number of carbonyl (C=O) groups excluding carboxylic acids is 3. The number of imide groups is 1. The van der Waals surface area contributed by atoms with Gasteiger partial charge in [0, 0.05) is 31.1 Å². The third-order valence-electron chi connectivity index (χ3n) is 9.33. The zero-order valence-electron chi connectivity index (χ0n) is 27.0. The van der Waals surface area contributed by atoms with Crippen LogP contribution in [0.1, 0.15) is 73.2 Å². The Bertz CT molecular complexity index is 1560. The highest BCUT2D eigenvalue weighted by molar-refractivity contribution is 6.22. The normalized spacial score (nSPS) is 23.1. The van der Waals surface area contributed by atoms with E-state index in [-0.39, 0.29) is 31.8 Å². The van der Waals surface area contributed by atoms with Crippen molar-refractivity contribution < 1.29 is 33.7 Å². The number of nitrogens with zero attached hydrogens (tertiary/aromatic N) is 2. The van der Waals surface area contributed by atoms with E-state index in [0.717, 1.165) is 40.2 Å². The van der Waals surface area contributed by atoms with Gasteiger partial charge in [-0.1, -0.05) is 85.6 Å². The first-order chi connectivity index (χ1) is 23.4. The van der Waals surface area contributed by atoms with Gasteiger partial charge in [-0.2, -0.15) is 0 Å². The van der Waals surface area contributed by atoms with Crippen LogP contribution in [0.3, 0.4) is 0 Å². The molecule has 1 saturated carbocycles. The van der Waals surface area contributed by atoms with Gasteiger partial charge in [0.05, 0.1) is 30.9 Å². The fourth-order valence-electron chi connectivity index (χ4n) is 6.81. The topological polar surface area (TPSA) is 118 Å². The van der Waals surface area contributed by atoms with Gasteiger partial charge in [-0.25, -0.2) is 9.69 Å². The summed E-state index contributed by atoms with van der Waals surface area (Å²) < 4.78 is 18.3. The van der Waals surface area contributed by atoms with Crippen LogP contribution < -0.4 is 10.2 Å². The first-order valence-electron chi connectivity index (χ1n) is 16.7. The summed E-state index contributed by atoms with van der Waals surface area (Å²) in [5.74, 6) is -0.929. The minimum Gasteiger partial charge on any atom is -0.445 e. The number of rotatable bonds is 12. The third kappa shape index (κ3) is 8.02. The van der Waals surface area contributed by atoms with E-state index in [2.05, 4.69) is 16.8 Å². The lowest BCUT2D eigenvalue weighted by molar-refractivity contribution is -0.253. The molecule has 6 rings (SSSR count). The van der Waals surface area contributed by atoms with Gasteiger partial charge in [0.2, 0.25) is 5.91 Å². The summed E-state index contributed by atoms with van der Waals surface area (Å²) in [5.41, 5.74) is 3.81. The van der Waals surface area contributed by atoms with E-state index in [1.807, 2.05) is 72.8 Å². The molecule has 0 spiro atoms. The Hall–Kier alpha value is -4.35. The average molecular weight is 654 g/mol. The Morgan fingerprint density at radius 2 is 1.67 bits per heavy atom. The molecule has 0 bridgehead atoms. The SMILES string of the molecule is C=CCN(C[C@H]1C[C@@H](c2ccc(CO)cc2)O[C@@H](c2ccc(N3C(=O)CC(NC(=O)OCc4ccccc4)C3=O)cc2)O1)C1CCCC1.